The van der Waals surface area contributed by atoms with Crippen molar-refractivity contribution in [1.82, 2.24) is 4.98 Å². The average molecular weight is 278 g/mol. The zero-order chi connectivity index (χ0) is 14.7. The third-order valence-electron chi connectivity index (χ3n) is 2.48. The van der Waals surface area contributed by atoms with Gasteiger partial charge in [-0.3, -0.25) is 0 Å². The number of ether oxygens (including phenoxy) is 2. The van der Waals surface area contributed by atoms with E-state index < -0.39 is 17.9 Å². The fourth-order valence-corrected chi connectivity index (χ4v) is 1.41. The molecular weight excluding hydrogens is 265 g/mol. The average Bonchev–Trinajstić information content (AvgIpc) is 2.35. The van der Waals surface area contributed by atoms with Crippen molar-refractivity contribution in [3.8, 4) is 0 Å². The number of nitrogens with one attached hydrogen (secondary N) is 1. The van der Waals surface area contributed by atoms with E-state index in [0.29, 0.717) is 5.56 Å². The first-order valence-electron chi connectivity index (χ1n) is 5.18. The van der Waals surface area contributed by atoms with E-state index in [0.717, 1.165) is 14.2 Å². The second kappa shape index (κ2) is 5.43. The quantitative estimate of drug-likeness (QED) is 0.673. The Kier molecular flexibility index (Phi) is 4.35. The number of alkyl halides is 3. The van der Waals surface area contributed by atoms with Crippen LogP contribution < -0.4 is 5.32 Å². The number of anilines is 1. The first-order chi connectivity index (χ1) is 8.78. The number of nitrogens with zero attached hydrogens (tertiary/aromatic N) is 1. The number of halogens is 3. The fourth-order valence-electron chi connectivity index (χ4n) is 1.41. The van der Waals surface area contributed by atoms with Crippen LogP contribution in [0.2, 0.25) is 0 Å². The smallest absolute Gasteiger partial charge is 0.448 e. The van der Waals surface area contributed by atoms with Crippen LogP contribution in [0.15, 0.2) is 18.3 Å². The molecule has 0 bridgehead atoms. The Morgan fingerprint density at radius 3 is 2.42 bits per heavy atom. The minimum atomic E-state index is -5.02. The van der Waals surface area contributed by atoms with Crippen LogP contribution in [0.4, 0.5) is 19.0 Å². The Hall–Kier alpha value is -1.83. The highest BCUT2D eigenvalue weighted by Crippen LogP contribution is 2.35. The molecule has 0 fully saturated rings. The molecule has 8 heteroatoms. The predicted molar refractivity (Wildman–Crippen MR) is 60.4 cm³/mol. The molecule has 0 unspecified atom stereocenters. The first kappa shape index (κ1) is 15.2. The van der Waals surface area contributed by atoms with Gasteiger partial charge in [0.25, 0.3) is 0 Å². The highest BCUT2D eigenvalue weighted by atomic mass is 19.4. The van der Waals surface area contributed by atoms with Gasteiger partial charge < -0.3 is 14.8 Å². The van der Waals surface area contributed by atoms with Gasteiger partial charge in [-0.15, -0.1) is 0 Å². The van der Waals surface area contributed by atoms with Gasteiger partial charge >= 0.3 is 17.9 Å². The topological polar surface area (TPSA) is 60.5 Å². The van der Waals surface area contributed by atoms with E-state index in [1.54, 1.807) is 19.1 Å². The Morgan fingerprint density at radius 2 is 2.00 bits per heavy atom. The van der Waals surface area contributed by atoms with E-state index in [-0.39, 0.29) is 5.82 Å². The lowest BCUT2D eigenvalue weighted by Crippen LogP contribution is -2.60. The van der Waals surface area contributed by atoms with Crippen molar-refractivity contribution in [3.63, 3.8) is 0 Å². The van der Waals surface area contributed by atoms with Crippen molar-refractivity contribution in [1.29, 1.82) is 0 Å². The van der Waals surface area contributed by atoms with Crippen LogP contribution in [-0.2, 0) is 14.3 Å². The summed E-state index contributed by atoms with van der Waals surface area (Å²) in [4.78, 5) is 15.2. The maximum atomic E-state index is 13.1. The van der Waals surface area contributed by atoms with E-state index in [2.05, 4.69) is 14.5 Å². The van der Waals surface area contributed by atoms with Gasteiger partial charge in [-0.2, -0.15) is 13.2 Å². The van der Waals surface area contributed by atoms with Crippen molar-refractivity contribution in [2.75, 3.05) is 19.5 Å². The summed E-state index contributed by atoms with van der Waals surface area (Å²) in [5.74, 6) is -1.72. The van der Waals surface area contributed by atoms with Gasteiger partial charge in [-0.25, -0.2) is 9.78 Å². The molecule has 1 atom stereocenters. The molecule has 0 radical (unpaired) electrons. The summed E-state index contributed by atoms with van der Waals surface area (Å²) in [6.07, 6.45) is -3.72. The minimum absolute atomic E-state index is 0.118. The van der Waals surface area contributed by atoms with Crippen molar-refractivity contribution in [2.45, 2.75) is 18.8 Å². The van der Waals surface area contributed by atoms with Crippen LogP contribution in [0.25, 0.3) is 0 Å². The van der Waals surface area contributed by atoms with Gasteiger partial charge in [-0.05, 0) is 18.6 Å². The van der Waals surface area contributed by atoms with Crippen LogP contribution in [0.5, 0.6) is 0 Å². The lowest BCUT2D eigenvalue weighted by Gasteiger charge is -2.32. The summed E-state index contributed by atoms with van der Waals surface area (Å²) in [5.41, 5.74) is -2.86. The van der Waals surface area contributed by atoms with Crippen molar-refractivity contribution >= 4 is 11.8 Å². The second-order valence-electron chi connectivity index (χ2n) is 3.67. The number of methoxy groups -OCH3 is 2. The van der Waals surface area contributed by atoms with Crippen molar-refractivity contribution in [3.05, 3.63) is 23.9 Å². The number of pyridine rings is 1. The first-order valence-corrected chi connectivity index (χ1v) is 5.18. The molecule has 0 aliphatic carbocycles. The zero-order valence-electron chi connectivity index (χ0n) is 10.5. The summed E-state index contributed by atoms with van der Waals surface area (Å²) < 4.78 is 47.9. The molecule has 0 aromatic carbocycles. The Labute approximate surface area is 107 Å². The molecule has 0 aliphatic heterocycles. The number of hydrogen-bond donors (Lipinski definition) is 1. The fraction of sp³-hybridized carbons (Fsp3) is 0.455. The molecule has 0 amide bonds. The van der Waals surface area contributed by atoms with Crippen molar-refractivity contribution < 1.29 is 27.4 Å². The number of rotatable bonds is 4. The maximum Gasteiger partial charge on any atom is 0.448 e. The summed E-state index contributed by atoms with van der Waals surface area (Å²) >= 11 is 0. The lowest BCUT2D eigenvalue weighted by molar-refractivity contribution is -0.259. The summed E-state index contributed by atoms with van der Waals surface area (Å²) in [6, 6.07) is 3.10. The molecule has 0 saturated carbocycles. The molecule has 106 valence electrons. The Bertz CT molecular complexity index is 465. The maximum absolute atomic E-state index is 13.1. The van der Waals surface area contributed by atoms with Crippen LogP contribution >= 0.6 is 0 Å². The normalized spacial score (nSPS) is 14.6. The van der Waals surface area contributed by atoms with Gasteiger partial charge in [0, 0.05) is 13.3 Å². The SMILES string of the molecule is COC(=O)[C@@](Nc1ncccc1C)(OC)C(F)(F)F. The Morgan fingerprint density at radius 1 is 1.37 bits per heavy atom. The number of esters is 1. The highest BCUT2D eigenvalue weighted by molar-refractivity contribution is 5.83. The van der Waals surface area contributed by atoms with Crippen LogP contribution in [0, 0.1) is 6.92 Å². The van der Waals surface area contributed by atoms with E-state index in [1.165, 1.54) is 6.20 Å². The van der Waals surface area contributed by atoms with Crippen molar-refractivity contribution in [2.24, 2.45) is 0 Å². The van der Waals surface area contributed by atoms with Gasteiger partial charge in [0.1, 0.15) is 5.82 Å². The third kappa shape index (κ3) is 2.78. The largest absolute Gasteiger partial charge is 0.465 e. The predicted octanol–water partition coefficient (Wildman–Crippen LogP) is 1.88. The number of aromatic nitrogens is 1. The van der Waals surface area contributed by atoms with Gasteiger partial charge in [0.2, 0.25) is 0 Å². The molecule has 1 aromatic rings. The van der Waals surface area contributed by atoms with Crippen LogP contribution in [0.3, 0.4) is 0 Å². The molecule has 1 heterocycles. The van der Waals surface area contributed by atoms with Crippen LogP contribution in [-0.4, -0.2) is 37.1 Å². The molecule has 5 nitrogen and oxygen atoms in total. The summed E-state index contributed by atoms with van der Waals surface area (Å²) in [6.45, 7) is 1.55. The third-order valence-corrected chi connectivity index (χ3v) is 2.48. The molecular formula is C11H13F3N2O3. The molecule has 19 heavy (non-hydrogen) atoms. The van der Waals surface area contributed by atoms with E-state index in [1.807, 2.05) is 5.32 Å². The lowest BCUT2D eigenvalue weighted by atomic mass is 10.2. The number of aryl methyl sites for hydroxylation is 1. The zero-order valence-corrected chi connectivity index (χ0v) is 10.5. The standard InChI is InChI=1S/C11H13F3N2O3/c1-7-5-4-6-15-8(7)16-10(19-3,9(17)18-2)11(12,13)14/h4-6H,1-3H3,(H,15,16)/t10-/m1/s1. The molecule has 0 spiro atoms. The number of carbonyl (C=O) groups is 1. The second-order valence-corrected chi connectivity index (χ2v) is 3.67. The van der Waals surface area contributed by atoms with Gasteiger partial charge in [0.05, 0.1) is 7.11 Å². The monoisotopic (exact) mass is 278 g/mol. The molecule has 0 aliphatic rings. The molecule has 1 N–H and O–H groups in total. The summed E-state index contributed by atoms with van der Waals surface area (Å²) in [5, 5.41) is 1.97. The minimum Gasteiger partial charge on any atom is -0.465 e. The number of hydrogen-bond acceptors (Lipinski definition) is 5. The highest BCUT2D eigenvalue weighted by Gasteiger charge is 2.63. The molecule has 1 aromatic heterocycles. The van der Waals surface area contributed by atoms with E-state index in [9.17, 15) is 18.0 Å². The van der Waals surface area contributed by atoms with Gasteiger partial charge in [-0.1, -0.05) is 6.07 Å². The van der Waals surface area contributed by atoms with Crippen LogP contribution in [0.1, 0.15) is 5.56 Å². The van der Waals surface area contributed by atoms with E-state index in [4.69, 9.17) is 0 Å². The number of carbonyl (C=O) groups excluding carboxylic acids is 1. The van der Waals surface area contributed by atoms with E-state index >= 15 is 0 Å². The summed E-state index contributed by atoms with van der Waals surface area (Å²) in [7, 11) is 1.60. The Balaban J connectivity index is 3.26. The molecule has 1 rings (SSSR count). The molecule has 0 saturated heterocycles. The van der Waals surface area contributed by atoms with Gasteiger partial charge in [0.15, 0.2) is 0 Å².